The van der Waals surface area contributed by atoms with Crippen LogP contribution in [0, 0.1) is 13.8 Å². The molecule has 20 heavy (non-hydrogen) atoms. The van der Waals surface area contributed by atoms with Crippen LogP contribution >= 0.6 is 0 Å². The lowest BCUT2D eigenvalue weighted by atomic mass is 10.2. The molecule has 0 aromatic carbocycles. The second kappa shape index (κ2) is 6.10. The van der Waals surface area contributed by atoms with Gasteiger partial charge >= 0.3 is 0 Å². The van der Waals surface area contributed by atoms with Crippen LogP contribution in [0.4, 0.5) is 0 Å². The predicted molar refractivity (Wildman–Crippen MR) is 76.3 cm³/mol. The average molecular weight is 271 g/mol. The molecule has 1 amide bonds. The molecule has 0 radical (unpaired) electrons. The fourth-order valence-electron chi connectivity index (χ4n) is 1.79. The van der Waals surface area contributed by atoms with Crippen LogP contribution in [0.3, 0.4) is 0 Å². The van der Waals surface area contributed by atoms with Crippen molar-refractivity contribution in [2.45, 2.75) is 27.3 Å². The Kier molecular flexibility index (Phi) is 4.24. The number of hydrogen-bond donors (Lipinski definition) is 1. The third-order valence-electron chi connectivity index (χ3n) is 2.82. The van der Waals surface area contributed by atoms with Gasteiger partial charge in [0.25, 0.3) is 5.91 Å². The predicted octanol–water partition coefficient (Wildman–Crippen LogP) is 1.44. The molecule has 0 bridgehead atoms. The minimum Gasteiger partial charge on any atom is -0.271 e. The van der Waals surface area contributed by atoms with Crippen LogP contribution in [0.5, 0.6) is 0 Å². The maximum atomic E-state index is 11.8. The van der Waals surface area contributed by atoms with Gasteiger partial charge in [0.15, 0.2) is 0 Å². The van der Waals surface area contributed by atoms with Crippen molar-refractivity contribution in [3.63, 3.8) is 0 Å². The first kappa shape index (κ1) is 13.9. The zero-order valence-corrected chi connectivity index (χ0v) is 11.8. The average Bonchev–Trinajstić information content (AvgIpc) is 2.75. The number of aromatic nitrogens is 3. The molecule has 0 unspecified atom stereocenters. The fourth-order valence-corrected chi connectivity index (χ4v) is 1.79. The van der Waals surface area contributed by atoms with E-state index in [0.29, 0.717) is 5.71 Å². The summed E-state index contributed by atoms with van der Waals surface area (Å²) in [6.07, 6.45) is 3.39. The number of carbonyl (C=O) groups is 1. The van der Waals surface area contributed by atoms with Crippen LogP contribution in [0.15, 0.2) is 35.7 Å². The van der Waals surface area contributed by atoms with Gasteiger partial charge in [-0.15, -0.1) is 0 Å². The van der Waals surface area contributed by atoms with Crippen LogP contribution in [0.2, 0.25) is 0 Å². The third-order valence-corrected chi connectivity index (χ3v) is 2.82. The zero-order chi connectivity index (χ0) is 14.5. The Bertz CT molecular complexity index is 630. The summed E-state index contributed by atoms with van der Waals surface area (Å²) >= 11 is 0. The van der Waals surface area contributed by atoms with Crippen LogP contribution in [0.25, 0.3) is 0 Å². The lowest BCUT2D eigenvalue weighted by Gasteiger charge is -2.04. The quantitative estimate of drug-likeness (QED) is 0.675. The number of amides is 1. The largest absolute Gasteiger partial charge is 0.271 e. The Hall–Kier alpha value is -2.50. The van der Waals surface area contributed by atoms with E-state index in [1.807, 2.05) is 39.0 Å². The number of pyridine rings is 1. The Morgan fingerprint density at radius 2 is 2.25 bits per heavy atom. The Morgan fingerprint density at radius 3 is 2.85 bits per heavy atom. The normalized spacial score (nSPS) is 11.4. The molecule has 0 fully saturated rings. The molecule has 2 heterocycles. The molecule has 0 saturated heterocycles. The number of nitrogens with one attached hydrogen (secondary N) is 1. The third kappa shape index (κ3) is 3.50. The van der Waals surface area contributed by atoms with Gasteiger partial charge in [-0.2, -0.15) is 10.2 Å². The molecule has 0 saturated carbocycles. The maximum absolute atomic E-state index is 11.8. The van der Waals surface area contributed by atoms with Gasteiger partial charge in [0, 0.05) is 23.7 Å². The van der Waals surface area contributed by atoms with Crippen LogP contribution in [-0.4, -0.2) is 26.4 Å². The van der Waals surface area contributed by atoms with Crippen molar-refractivity contribution in [1.29, 1.82) is 0 Å². The minimum atomic E-state index is -0.209. The first-order valence-electron chi connectivity index (χ1n) is 6.31. The van der Waals surface area contributed by atoms with Gasteiger partial charge in [-0.3, -0.25) is 14.5 Å². The van der Waals surface area contributed by atoms with E-state index >= 15 is 0 Å². The minimum absolute atomic E-state index is 0.156. The summed E-state index contributed by atoms with van der Waals surface area (Å²) in [6.45, 7) is 5.79. The summed E-state index contributed by atoms with van der Waals surface area (Å²) in [5.41, 5.74) is 5.95. The molecule has 2 aromatic rings. The zero-order valence-electron chi connectivity index (χ0n) is 11.8. The Labute approximate surface area is 117 Å². The highest BCUT2D eigenvalue weighted by molar-refractivity contribution is 5.98. The molecular weight excluding hydrogens is 254 g/mol. The second-order valence-electron chi connectivity index (χ2n) is 4.56. The standard InChI is InChI=1S/C14H17N5O/c1-10-7-11(2)19(18-10)9-14(20)17-16-12(3)13-5-4-6-15-8-13/h4-8H,9H2,1-3H3,(H,17,20)/b16-12-. The molecule has 6 nitrogen and oxygen atoms in total. The molecular formula is C14H17N5O. The van der Waals surface area contributed by atoms with Crippen molar-refractivity contribution >= 4 is 11.6 Å². The first-order valence-corrected chi connectivity index (χ1v) is 6.31. The summed E-state index contributed by atoms with van der Waals surface area (Å²) in [7, 11) is 0. The van der Waals surface area contributed by atoms with Gasteiger partial charge in [-0.1, -0.05) is 6.07 Å². The van der Waals surface area contributed by atoms with Crippen molar-refractivity contribution in [3.8, 4) is 0 Å². The Balaban J connectivity index is 1.97. The van der Waals surface area contributed by atoms with E-state index in [2.05, 4.69) is 20.6 Å². The van der Waals surface area contributed by atoms with Gasteiger partial charge < -0.3 is 0 Å². The number of hydrogen-bond acceptors (Lipinski definition) is 4. The van der Waals surface area contributed by atoms with Crippen LogP contribution in [-0.2, 0) is 11.3 Å². The summed E-state index contributed by atoms with van der Waals surface area (Å²) in [4.78, 5) is 15.8. The fraction of sp³-hybridized carbons (Fsp3) is 0.286. The number of aryl methyl sites for hydroxylation is 2. The summed E-state index contributed by atoms with van der Waals surface area (Å²) in [5, 5.41) is 8.30. The first-order chi connectivity index (χ1) is 9.56. The summed E-state index contributed by atoms with van der Waals surface area (Å²) in [5.74, 6) is -0.209. The molecule has 6 heteroatoms. The smallest absolute Gasteiger partial charge is 0.261 e. The SMILES string of the molecule is C/C(=N/NC(=O)Cn1nc(C)cc1C)c1cccnc1. The molecule has 1 N–H and O–H groups in total. The van der Waals surface area contributed by atoms with E-state index in [1.54, 1.807) is 17.1 Å². The summed E-state index contributed by atoms with van der Waals surface area (Å²) < 4.78 is 1.65. The number of hydrazone groups is 1. The van der Waals surface area contributed by atoms with Gasteiger partial charge in [0.2, 0.25) is 0 Å². The second-order valence-corrected chi connectivity index (χ2v) is 4.56. The molecule has 0 aliphatic heterocycles. The van der Waals surface area contributed by atoms with Crippen molar-refractivity contribution in [2.75, 3.05) is 0 Å². The Morgan fingerprint density at radius 1 is 1.45 bits per heavy atom. The number of rotatable bonds is 4. The highest BCUT2D eigenvalue weighted by Gasteiger charge is 2.06. The van der Waals surface area contributed by atoms with Crippen LogP contribution < -0.4 is 5.43 Å². The number of carbonyl (C=O) groups excluding carboxylic acids is 1. The van der Waals surface area contributed by atoms with E-state index in [9.17, 15) is 4.79 Å². The highest BCUT2D eigenvalue weighted by atomic mass is 16.2. The van der Waals surface area contributed by atoms with Crippen molar-refractivity contribution in [2.24, 2.45) is 5.10 Å². The molecule has 0 aliphatic rings. The molecule has 0 aliphatic carbocycles. The topological polar surface area (TPSA) is 72.2 Å². The van der Waals surface area contributed by atoms with Gasteiger partial charge in [-0.25, -0.2) is 5.43 Å². The van der Waals surface area contributed by atoms with E-state index in [-0.39, 0.29) is 12.5 Å². The lowest BCUT2D eigenvalue weighted by molar-refractivity contribution is -0.121. The number of nitrogens with zero attached hydrogens (tertiary/aromatic N) is 4. The summed E-state index contributed by atoms with van der Waals surface area (Å²) in [6, 6.07) is 5.64. The highest BCUT2D eigenvalue weighted by Crippen LogP contribution is 2.01. The molecule has 0 spiro atoms. The molecule has 2 aromatic heterocycles. The lowest BCUT2D eigenvalue weighted by Crippen LogP contribution is -2.25. The maximum Gasteiger partial charge on any atom is 0.261 e. The van der Waals surface area contributed by atoms with E-state index < -0.39 is 0 Å². The molecule has 2 rings (SSSR count). The van der Waals surface area contributed by atoms with Crippen molar-refractivity contribution in [3.05, 3.63) is 47.5 Å². The molecule has 104 valence electrons. The van der Waals surface area contributed by atoms with E-state index in [0.717, 1.165) is 17.0 Å². The van der Waals surface area contributed by atoms with Crippen molar-refractivity contribution in [1.82, 2.24) is 20.2 Å². The van der Waals surface area contributed by atoms with Crippen LogP contribution in [0.1, 0.15) is 23.9 Å². The molecule has 0 atom stereocenters. The van der Waals surface area contributed by atoms with Gasteiger partial charge in [0.05, 0.1) is 11.4 Å². The van der Waals surface area contributed by atoms with E-state index in [4.69, 9.17) is 0 Å². The van der Waals surface area contributed by atoms with Gasteiger partial charge in [-0.05, 0) is 32.9 Å². The van der Waals surface area contributed by atoms with Crippen molar-refractivity contribution < 1.29 is 4.79 Å². The van der Waals surface area contributed by atoms with E-state index in [1.165, 1.54) is 0 Å². The monoisotopic (exact) mass is 271 g/mol. The van der Waals surface area contributed by atoms with Gasteiger partial charge in [0.1, 0.15) is 6.54 Å².